The highest BCUT2D eigenvalue weighted by Gasteiger charge is 2.72. The van der Waals surface area contributed by atoms with Crippen LogP contribution >= 0.6 is 0 Å². The van der Waals surface area contributed by atoms with Crippen molar-refractivity contribution in [1.82, 2.24) is 0 Å². The van der Waals surface area contributed by atoms with Crippen molar-refractivity contribution >= 4 is 5.97 Å². The Hall–Kier alpha value is -1.21. The summed E-state index contributed by atoms with van der Waals surface area (Å²) in [6.07, 6.45) is -14.0. The number of hydrogen-bond acceptors (Lipinski definition) is 2. The Bertz CT molecular complexity index is 369. The van der Waals surface area contributed by atoms with E-state index < -0.39 is 36.3 Å². The second-order valence-corrected chi connectivity index (χ2v) is 4.84. The van der Waals surface area contributed by atoms with E-state index in [2.05, 4.69) is 11.3 Å². The highest BCUT2D eigenvalue weighted by Crippen LogP contribution is 2.54. The first kappa shape index (κ1) is 19.8. The maximum absolute atomic E-state index is 13.0. The van der Waals surface area contributed by atoms with E-state index in [1.807, 2.05) is 0 Å². The van der Waals surface area contributed by atoms with Gasteiger partial charge in [0.05, 0.1) is 0 Å². The van der Waals surface area contributed by atoms with Gasteiger partial charge in [-0.05, 0) is 19.8 Å². The van der Waals surface area contributed by atoms with Gasteiger partial charge in [-0.1, -0.05) is 26.8 Å². The summed E-state index contributed by atoms with van der Waals surface area (Å²) in [4.78, 5) is 11.5. The van der Waals surface area contributed by atoms with Gasteiger partial charge in [-0.25, -0.2) is 4.79 Å². The molecule has 1 atom stereocenters. The number of alkyl halides is 6. The Morgan fingerprint density at radius 3 is 1.81 bits per heavy atom. The maximum atomic E-state index is 13.0. The zero-order valence-corrected chi connectivity index (χ0v) is 12.0. The molecule has 0 aliphatic carbocycles. The third-order valence-electron chi connectivity index (χ3n) is 3.34. The highest BCUT2D eigenvalue weighted by molar-refractivity contribution is 5.87. The van der Waals surface area contributed by atoms with Gasteiger partial charge in [-0.2, -0.15) is 26.3 Å². The fraction of sp³-hybridized carbons (Fsp3) is 0.769. The lowest BCUT2D eigenvalue weighted by molar-refractivity contribution is -0.359. The van der Waals surface area contributed by atoms with Gasteiger partial charge in [0.1, 0.15) is 6.10 Å². The molecule has 1 unspecified atom stereocenters. The van der Waals surface area contributed by atoms with E-state index in [-0.39, 0.29) is 25.3 Å². The molecule has 2 nitrogen and oxygen atoms in total. The average Bonchev–Trinajstić information content (AvgIpc) is 2.33. The molecule has 0 aromatic heterocycles. The Labute approximate surface area is 119 Å². The molecule has 0 saturated carbocycles. The van der Waals surface area contributed by atoms with Gasteiger partial charge in [0.25, 0.3) is 0 Å². The largest absolute Gasteiger partial charge is 0.458 e. The summed E-state index contributed by atoms with van der Waals surface area (Å²) in [5, 5.41) is 0. The van der Waals surface area contributed by atoms with E-state index in [4.69, 9.17) is 0 Å². The number of halogens is 6. The van der Waals surface area contributed by atoms with E-state index in [9.17, 15) is 31.1 Å². The van der Waals surface area contributed by atoms with Crippen LogP contribution in [0, 0.1) is 5.41 Å². The molecule has 0 N–H and O–H groups in total. The monoisotopic (exact) mass is 320 g/mol. The molecule has 0 heterocycles. The van der Waals surface area contributed by atoms with Crippen molar-refractivity contribution in [3.63, 3.8) is 0 Å². The molecule has 0 spiro atoms. The van der Waals surface area contributed by atoms with Crippen molar-refractivity contribution in [1.29, 1.82) is 0 Å². The van der Waals surface area contributed by atoms with Gasteiger partial charge in [0, 0.05) is 5.57 Å². The highest BCUT2D eigenvalue weighted by atomic mass is 19.4. The minimum absolute atomic E-state index is 0.00169. The molecule has 0 bridgehead atoms. The molecule has 0 aromatic carbocycles. The molecule has 0 radical (unpaired) electrons. The number of esters is 1. The van der Waals surface area contributed by atoms with E-state index >= 15 is 0 Å². The molecule has 0 rings (SSSR count). The van der Waals surface area contributed by atoms with Crippen LogP contribution in [0.15, 0.2) is 12.2 Å². The normalized spacial score (nSPS) is 14.7. The fourth-order valence-electron chi connectivity index (χ4n) is 1.61. The van der Waals surface area contributed by atoms with Crippen molar-refractivity contribution in [3.05, 3.63) is 12.2 Å². The first-order valence-electron chi connectivity index (χ1n) is 6.35. The van der Waals surface area contributed by atoms with Gasteiger partial charge in [-0.3, -0.25) is 0 Å². The molecule has 0 aromatic rings. The molecule has 0 aliphatic heterocycles. The van der Waals surface area contributed by atoms with Crippen molar-refractivity contribution in [3.8, 4) is 0 Å². The SMILES string of the molecule is C=C(CC)C(=O)OC(CCC)C(C)(C(F)(F)F)C(F)(F)F. The minimum atomic E-state index is -5.60. The zero-order valence-electron chi connectivity index (χ0n) is 12.0. The first-order chi connectivity index (χ1) is 9.32. The van der Waals surface area contributed by atoms with Crippen LogP contribution in [0.1, 0.15) is 40.0 Å². The van der Waals surface area contributed by atoms with Gasteiger partial charge < -0.3 is 4.74 Å². The van der Waals surface area contributed by atoms with E-state index in [1.54, 1.807) is 0 Å². The molecule has 0 saturated heterocycles. The van der Waals surface area contributed by atoms with Gasteiger partial charge >= 0.3 is 18.3 Å². The molecule has 0 aliphatic rings. The maximum Gasteiger partial charge on any atom is 0.406 e. The molecule has 0 amide bonds. The second-order valence-electron chi connectivity index (χ2n) is 4.84. The molecule has 124 valence electrons. The van der Waals surface area contributed by atoms with E-state index in [0.717, 1.165) is 0 Å². The lowest BCUT2D eigenvalue weighted by Gasteiger charge is -2.39. The predicted molar refractivity (Wildman–Crippen MR) is 64.4 cm³/mol. The van der Waals surface area contributed by atoms with Crippen molar-refractivity contribution in [2.24, 2.45) is 5.41 Å². The Morgan fingerprint density at radius 2 is 1.52 bits per heavy atom. The quantitative estimate of drug-likeness (QED) is 0.399. The van der Waals surface area contributed by atoms with E-state index in [0.29, 0.717) is 0 Å². The summed E-state index contributed by atoms with van der Waals surface area (Å²) in [5.41, 5.74) is -4.30. The van der Waals surface area contributed by atoms with Crippen LogP contribution in [0.5, 0.6) is 0 Å². The summed E-state index contributed by atoms with van der Waals surface area (Å²) in [6, 6.07) is 0. The summed E-state index contributed by atoms with van der Waals surface area (Å²) < 4.78 is 82.3. The van der Waals surface area contributed by atoms with Gasteiger partial charge in [-0.15, -0.1) is 0 Å². The molecular weight excluding hydrogens is 302 g/mol. The Balaban J connectivity index is 5.67. The van der Waals surface area contributed by atoms with Crippen LogP contribution in [-0.4, -0.2) is 24.4 Å². The molecule has 21 heavy (non-hydrogen) atoms. The van der Waals surface area contributed by atoms with Crippen LogP contribution in [0.2, 0.25) is 0 Å². The van der Waals surface area contributed by atoms with E-state index in [1.165, 1.54) is 13.8 Å². The number of carbonyl (C=O) groups excluding carboxylic acids is 1. The van der Waals surface area contributed by atoms with Crippen molar-refractivity contribution in [2.75, 3.05) is 0 Å². The fourth-order valence-corrected chi connectivity index (χ4v) is 1.61. The third-order valence-corrected chi connectivity index (χ3v) is 3.34. The zero-order chi connectivity index (χ0) is 17.1. The van der Waals surface area contributed by atoms with Crippen LogP contribution in [0.4, 0.5) is 26.3 Å². The summed E-state index contributed by atoms with van der Waals surface area (Å²) in [5.74, 6) is -1.24. The molecular formula is C13H18F6O2. The first-order valence-corrected chi connectivity index (χ1v) is 6.35. The van der Waals surface area contributed by atoms with Crippen LogP contribution in [0.3, 0.4) is 0 Å². The number of carbonyl (C=O) groups is 1. The summed E-state index contributed by atoms with van der Waals surface area (Å²) in [6.45, 7) is 6.16. The van der Waals surface area contributed by atoms with Crippen LogP contribution in [-0.2, 0) is 9.53 Å². The van der Waals surface area contributed by atoms with Crippen molar-refractivity contribution in [2.45, 2.75) is 58.5 Å². The lowest BCUT2D eigenvalue weighted by atomic mass is 9.80. The second kappa shape index (κ2) is 6.70. The third kappa shape index (κ3) is 4.14. The molecule has 0 fully saturated rings. The van der Waals surface area contributed by atoms with Gasteiger partial charge in [0.15, 0.2) is 5.41 Å². The standard InChI is InChI=1S/C13H18F6O2/c1-5-7-9(21-10(20)8(3)6-2)11(4,12(14,15)16)13(17,18)19/h9H,3,5-7H2,1-2,4H3. The smallest absolute Gasteiger partial charge is 0.406 e. The minimum Gasteiger partial charge on any atom is -0.458 e. The topological polar surface area (TPSA) is 26.3 Å². The lowest BCUT2D eigenvalue weighted by Crippen LogP contribution is -2.56. The Kier molecular flexibility index (Phi) is 6.31. The number of hydrogen-bond donors (Lipinski definition) is 0. The number of ether oxygens (including phenoxy) is 1. The summed E-state index contributed by atoms with van der Waals surface area (Å²) >= 11 is 0. The Morgan fingerprint density at radius 1 is 1.10 bits per heavy atom. The molecule has 8 heteroatoms. The van der Waals surface area contributed by atoms with Crippen LogP contribution in [0.25, 0.3) is 0 Å². The van der Waals surface area contributed by atoms with Crippen molar-refractivity contribution < 1.29 is 35.9 Å². The summed E-state index contributed by atoms with van der Waals surface area (Å²) in [7, 11) is 0. The predicted octanol–water partition coefficient (Wildman–Crippen LogP) is 4.80. The van der Waals surface area contributed by atoms with Gasteiger partial charge in [0.2, 0.25) is 0 Å². The van der Waals surface area contributed by atoms with Crippen LogP contribution < -0.4 is 0 Å². The average molecular weight is 320 g/mol. The number of rotatable bonds is 6.